The van der Waals surface area contributed by atoms with Gasteiger partial charge in [0.2, 0.25) is 11.5 Å². The molecule has 1 saturated carbocycles. The van der Waals surface area contributed by atoms with Gasteiger partial charge in [-0.2, -0.15) is 0 Å². The molecule has 2 heterocycles. The molecular weight excluding hydrogens is 368 g/mol. The van der Waals surface area contributed by atoms with Gasteiger partial charge in [0.15, 0.2) is 5.84 Å². The molecule has 2 fully saturated rings. The standard InChI is InChI=1S/C21H30N6O2/c1-21(2)13-27(16-7-5-6-8-16)19(17(12-22-3)26(4)20(21)29)25-14-24-15-9-10-18(28)23-11-15/h9-12,16,24H,3,5-8,13-14H2,1-2,4H3,(H,23,28)/b17-12+,25-19+. The second kappa shape index (κ2) is 8.63. The van der Waals surface area contributed by atoms with Crippen LogP contribution in [0, 0.1) is 5.41 Å². The summed E-state index contributed by atoms with van der Waals surface area (Å²) in [5.41, 5.74) is 0.738. The average molecular weight is 399 g/mol. The number of amidine groups is 1. The number of H-pyrrole nitrogens is 1. The molecule has 0 unspecified atom stereocenters. The number of pyridine rings is 1. The summed E-state index contributed by atoms with van der Waals surface area (Å²) >= 11 is 0. The highest BCUT2D eigenvalue weighted by atomic mass is 16.2. The van der Waals surface area contributed by atoms with E-state index < -0.39 is 5.41 Å². The van der Waals surface area contributed by atoms with Crippen LogP contribution in [0.5, 0.6) is 0 Å². The summed E-state index contributed by atoms with van der Waals surface area (Å²) in [6, 6.07) is 3.53. The molecule has 1 aliphatic carbocycles. The zero-order valence-electron chi connectivity index (χ0n) is 17.4. The number of rotatable bonds is 5. The highest BCUT2D eigenvalue weighted by Crippen LogP contribution is 2.33. The molecule has 0 spiro atoms. The number of nitrogens with one attached hydrogen (secondary N) is 2. The van der Waals surface area contributed by atoms with Crippen LogP contribution >= 0.6 is 0 Å². The number of aliphatic imine (C=N–C) groups is 2. The zero-order valence-corrected chi connectivity index (χ0v) is 17.4. The fourth-order valence-corrected chi connectivity index (χ4v) is 4.08. The van der Waals surface area contributed by atoms with Crippen LogP contribution in [0.2, 0.25) is 0 Å². The highest BCUT2D eigenvalue weighted by Gasteiger charge is 2.42. The molecule has 0 atom stereocenters. The van der Waals surface area contributed by atoms with Gasteiger partial charge in [0.05, 0.1) is 17.3 Å². The van der Waals surface area contributed by atoms with Crippen LogP contribution < -0.4 is 10.9 Å². The van der Waals surface area contributed by atoms with Crippen LogP contribution in [0.25, 0.3) is 0 Å². The second-order valence-electron chi connectivity index (χ2n) is 8.27. The number of hydrogen-bond donors (Lipinski definition) is 2. The molecule has 8 nitrogen and oxygen atoms in total. The van der Waals surface area contributed by atoms with Gasteiger partial charge in [0.1, 0.15) is 12.4 Å². The molecule has 29 heavy (non-hydrogen) atoms. The van der Waals surface area contributed by atoms with Crippen LogP contribution in [-0.4, -0.2) is 59.5 Å². The molecule has 1 aromatic heterocycles. The number of anilines is 1. The van der Waals surface area contributed by atoms with E-state index in [1.54, 1.807) is 30.4 Å². The van der Waals surface area contributed by atoms with Crippen molar-refractivity contribution in [2.45, 2.75) is 45.6 Å². The van der Waals surface area contributed by atoms with Crippen molar-refractivity contribution in [1.29, 1.82) is 0 Å². The maximum atomic E-state index is 13.1. The van der Waals surface area contributed by atoms with Crippen molar-refractivity contribution in [3.05, 3.63) is 40.6 Å². The molecule has 1 aromatic rings. The van der Waals surface area contributed by atoms with E-state index in [1.165, 1.54) is 18.9 Å². The Morgan fingerprint density at radius 3 is 2.66 bits per heavy atom. The molecule has 1 aliphatic heterocycles. The van der Waals surface area contributed by atoms with E-state index in [0.717, 1.165) is 24.4 Å². The number of likely N-dealkylation sites (N-methyl/N-ethyl adjacent to an activating group) is 1. The Morgan fingerprint density at radius 2 is 2.03 bits per heavy atom. The number of amides is 1. The first kappa shape index (κ1) is 20.8. The van der Waals surface area contributed by atoms with Gasteiger partial charge in [-0.15, -0.1) is 0 Å². The minimum absolute atomic E-state index is 0.0363. The van der Waals surface area contributed by atoms with E-state index in [1.807, 2.05) is 13.8 Å². The summed E-state index contributed by atoms with van der Waals surface area (Å²) in [7, 11) is 1.77. The Morgan fingerprint density at radius 1 is 1.31 bits per heavy atom. The zero-order chi connectivity index (χ0) is 21.0. The minimum atomic E-state index is -0.540. The highest BCUT2D eigenvalue weighted by molar-refractivity contribution is 6.04. The van der Waals surface area contributed by atoms with Gasteiger partial charge < -0.3 is 20.1 Å². The number of aromatic amines is 1. The van der Waals surface area contributed by atoms with Crippen LogP contribution in [0.4, 0.5) is 5.69 Å². The number of carbonyl (C=O) groups excluding carboxylic acids is 1. The normalized spacial score (nSPS) is 22.9. The van der Waals surface area contributed by atoms with Gasteiger partial charge >= 0.3 is 0 Å². The molecule has 1 saturated heterocycles. The first-order valence-electron chi connectivity index (χ1n) is 10.0. The lowest BCUT2D eigenvalue weighted by Crippen LogP contribution is -2.44. The quantitative estimate of drug-likeness (QED) is 0.745. The van der Waals surface area contributed by atoms with Gasteiger partial charge in [0, 0.05) is 31.9 Å². The maximum Gasteiger partial charge on any atom is 0.248 e. The lowest BCUT2D eigenvalue weighted by Gasteiger charge is -2.34. The Labute approximate surface area is 171 Å². The van der Waals surface area contributed by atoms with Crippen molar-refractivity contribution in [3.63, 3.8) is 0 Å². The van der Waals surface area contributed by atoms with Crippen LogP contribution in [0.15, 0.2) is 45.0 Å². The predicted octanol–water partition coefficient (Wildman–Crippen LogP) is 2.43. The van der Waals surface area contributed by atoms with Crippen LogP contribution in [0.3, 0.4) is 0 Å². The molecule has 156 valence electrons. The lowest BCUT2D eigenvalue weighted by molar-refractivity contribution is -0.136. The van der Waals surface area contributed by atoms with Crippen molar-refractivity contribution < 1.29 is 4.79 Å². The monoisotopic (exact) mass is 398 g/mol. The predicted molar refractivity (Wildman–Crippen MR) is 116 cm³/mol. The molecule has 0 radical (unpaired) electrons. The van der Waals surface area contributed by atoms with Gasteiger partial charge in [-0.05, 0) is 39.5 Å². The van der Waals surface area contributed by atoms with Gasteiger partial charge in [-0.25, -0.2) is 4.99 Å². The second-order valence-corrected chi connectivity index (χ2v) is 8.27. The summed E-state index contributed by atoms with van der Waals surface area (Å²) in [5, 5.41) is 3.20. The summed E-state index contributed by atoms with van der Waals surface area (Å²) in [4.78, 5) is 39.6. The Kier molecular flexibility index (Phi) is 6.20. The Hall–Kier alpha value is -2.90. The van der Waals surface area contributed by atoms with Crippen molar-refractivity contribution in [2.24, 2.45) is 15.4 Å². The van der Waals surface area contributed by atoms with E-state index >= 15 is 0 Å². The molecule has 8 heteroatoms. The van der Waals surface area contributed by atoms with E-state index in [2.05, 4.69) is 26.9 Å². The molecule has 3 rings (SSSR count). The fraction of sp³-hybridized carbons (Fsp3) is 0.524. The largest absolute Gasteiger partial charge is 0.365 e. The van der Waals surface area contributed by atoms with Crippen molar-refractivity contribution in [1.82, 2.24) is 14.8 Å². The van der Waals surface area contributed by atoms with Crippen molar-refractivity contribution >= 4 is 24.1 Å². The third kappa shape index (κ3) is 4.58. The molecule has 0 aromatic carbocycles. The van der Waals surface area contributed by atoms with Crippen LogP contribution in [0.1, 0.15) is 39.5 Å². The Balaban J connectivity index is 1.96. The molecular formula is C21H30N6O2. The third-order valence-corrected chi connectivity index (χ3v) is 5.59. The summed E-state index contributed by atoms with van der Waals surface area (Å²) in [6.45, 7) is 8.46. The van der Waals surface area contributed by atoms with Gasteiger partial charge in [-0.1, -0.05) is 12.8 Å². The smallest absolute Gasteiger partial charge is 0.248 e. The van der Waals surface area contributed by atoms with E-state index in [0.29, 0.717) is 25.0 Å². The summed E-state index contributed by atoms with van der Waals surface area (Å²) in [6.07, 6.45) is 7.79. The fourth-order valence-electron chi connectivity index (χ4n) is 4.08. The number of hydrogen-bond acceptors (Lipinski definition) is 5. The van der Waals surface area contributed by atoms with Gasteiger partial charge in [-0.3, -0.25) is 14.6 Å². The first-order valence-corrected chi connectivity index (χ1v) is 10.0. The molecule has 2 N–H and O–H groups in total. The maximum absolute atomic E-state index is 13.1. The number of aromatic nitrogens is 1. The van der Waals surface area contributed by atoms with Gasteiger partial charge in [0.25, 0.3) is 0 Å². The summed E-state index contributed by atoms with van der Waals surface area (Å²) < 4.78 is 0. The van der Waals surface area contributed by atoms with E-state index in [-0.39, 0.29) is 11.5 Å². The molecule has 2 aliphatic rings. The lowest BCUT2D eigenvalue weighted by atomic mass is 9.91. The van der Waals surface area contributed by atoms with Crippen molar-refractivity contribution in [2.75, 3.05) is 25.6 Å². The molecule has 0 bridgehead atoms. The van der Waals surface area contributed by atoms with Crippen molar-refractivity contribution in [3.8, 4) is 0 Å². The van der Waals surface area contributed by atoms with E-state index in [9.17, 15) is 9.59 Å². The number of nitrogens with zero attached hydrogens (tertiary/aromatic N) is 4. The van der Waals surface area contributed by atoms with E-state index in [4.69, 9.17) is 4.99 Å². The Bertz CT molecular complexity index is 859. The summed E-state index contributed by atoms with van der Waals surface area (Å²) in [5.74, 6) is 0.789. The topological polar surface area (TPSA) is 93.2 Å². The average Bonchev–Trinajstić information content (AvgIpc) is 3.21. The first-order chi connectivity index (χ1) is 13.8. The van der Waals surface area contributed by atoms with Crippen LogP contribution in [-0.2, 0) is 4.79 Å². The third-order valence-electron chi connectivity index (χ3n) is 5.59. The number of carbonyl (C=O) groups is 1. The minimum Gasteiger partial charge on any atom is -0.365 e. The molecule has 1 amide bonds. The SMILES string of the molecule is C=N/C=C1\C(=N/CNc2ccc(=O)[nH]c2)N(C2CCCC2)CC(C)(C)C(=O)N1C.